The van der Waals surface area contributed by atoms with Crippen LogP contribution in [0.15, 0.2) is 77.7 Å². The van der Waals surface area contributed by atoms with Crippen molar-refractivity contribution in [2.75, 3.05) is 12.4 Å². The molecule has 1 amide bonds. The van der Waals surface area contributed by atoms with E-state index in [0.29, 0.717) is 18.7 Å². The Kier molecular flexibility index (Phi) is 5.61. The van der Waals surface area contributed by atoms with Crippen LogP contribution in [0.4, 0.5) is 5.69 Å². The molecular formula is C21H20N2O3. The lowest BCUT2D eigenvalue weighted by Gasteiger charge is -2.11. The van der Waals surface area contributed by atoms with Gasteiger partial charge in [-0.15, -0.1) is 0 Å². The molecule has 0 spiro atoms. The standard InChI is InChI=1S/C21H20N2O3/c1-26-15-17-10-5-6-11-18(17)20(24)22-19-12-7-13-23(21(19)25)14-16-8-3-2-4-9-16/h2-13H,14-15H2,1H3,(H,22,24). The maximum atomic E-state index is 12.7. The van der Waals surface area contributed by atoms with E-state index in [1.807, 2.05) is 42.5 Å². The third kappa shape index (κ3) is 4.07. The van der Waals surface area contributed by atoms with Crippen LogP contribution in [0.2, 0.25) is 0 Å². The van der Waals surface area contributed by atoms with E-state index in [0.717, 1.165) is 11.1 Å². The van der Waals surface area contributed by atoms with Crippen LogP contribution >= 0.6 is 0 Å². The summed E-state index contributed by atoms with van der Waals surface area (Å²) in [7, 11) is 1.58. The zero-order valence-corrected chi connectivity index (χ0v) is 14.5. The van der Waals surface area contributed by atoms with Crippen molar-refractivity contribution < 1.29 is 9.53 Å². The summed E-state index contributed by atoms with van der Waals surface area (Å²) < 4.78 is 6.71. The summed E-state index contributed by atoms with van der Waals surface area (Å²) in [5, 5.41) is 2.72. The third-order valence-corrected chi connectivity index (χ3v) is 4.03. The van der Waals surface area contributed by atoms with E-state index < -0.39 is 0 Å². The quantitative estimate of drug-likeness (QED) is 0.743. The average molecular weight is 348 g/mol. The predicted octanol–water partition coefficient (Wildman–Crippen LogP) is 3.30. The Labute approximate surface area is 151 Å². The van der Waals surface area contributed by atoms with Gasteiger partial charge < -0.3 is 14.6 Å². The highest BCUT2D eigenvalue weighted by Gasteiger charge is 2.13. The molecule has 3 rings (SSSR count). The highest BCUT2D eigenvalue weighted by Crippen LogP contribution is 2.12. The molecular weight excluding hydrogens is 328 g/mol. The number of rotatable bonds is 6. The second-order valence-electron chi connectivity index (χ2n) is 5.88. The van der Waals surface area contributed by atoms with E-state index in [1.54, 1.807) is 42.1 Å². The third-order valence-electron chi connectivity index (χ3n) is 4.03. The van der Waals surface area contributed by atoms with Gasteiger partial charge in [0.2, 0.25) is 0 Å². The van der Waals surface area contributed by atoms with E-state index in [2.05, 4.69) is 5.32 Å². The first-order valence-corrected chi connectivity index (χ1v) is 8.30. The smallest absolute Gasteiger partial charge is 0.274 e. The van der Waals surface area contributed by atoms with Crippen LogP contribution in [-0.2, 0) is 17.9 Å². The van der Waals surface area contributed by atoms with Gasteiger partial charge in [-0.25, -0.2) is 0 Å². The molecule has 5 heteroatoms. The lowest BCUT2D eigenvalue weighted by Crippen LogP contribution is -2.26. The highest BCUT2D eigenvalue weighted by atomic mass is 16.5. The van der Waals surface area contributed by atoms with Crippen LogP contribution in [0.3, 0.4) is 0 Å². The maximum absolute atomic E-state index is 12.7. The number of nitrogens with one attached hydrogen (secondary N) is 1. The summed E-state index contributed by atoms with van der Waals surface area (Å²) in [5.74, 6) is -0.327. The molecule has 0 bridgehead atoms. The molecule has 0 fully saturated rings. The van der Waals surface area contributed by atoms with Crippen molar-refractivity contribution in [3.8, 4) is 0 Å². The number of benzene rings is 2. The molecule has 1 aromatic heterocycles. The van der Waals surface area contributed by atoms with E-state index in [9.17, 15) is 9.59 Å². The number of pyridine rings is 1. The van der Waals surface area contributed by atoms with Gasteiger partial charge in [0.1, 0.15) is 5.69 Å². The minimum atomic E-state index is -0.327. The fourth-order valence-electron chi connectivity index (χ4n) is 2.75. The van der Waals surface area contributed by atoms with Crippen LogP contribution in [0.25, 0.3) is 0 Å². The number of carbonyl (C=O) groups is 1. The van der Waals surface area contributed by atoms with Crippen molar-refractivity contribution in [2.45, 2.75) is 13.2 Å². The molecule has 3 aromatic rings. The van der Waals surface area contributed by atoms with Crippen molar-refractivity contribution in [3.05, 3.63) is 100.0 Å². The van der Waals surface area contributed by atoms with Gasteiger partial charge in [0.25, 0.3) is 11.5 Å². The molecule has 0 aliphatic heterocycles. The van der Waals surface area contributed by atoms with Crippen LogP contribution in [0.5, 0.6) is 0 Å². The molecule has 26 heavy (non-hydrogen) atoms. The van der Waals surface area contributed by atoms with E-state index in [4.69, 9.17) is 4.74 Å². The molecule has 0 aliphatic carbocycles. The summed E-state index contributed by atoms with van der Waals surface area (Å²) in [6, 6.07) is 20.2. The first-order valence-electron chi connectivity index (χ1n) is 8.30. The topological polar surface area (TPSA) is 60.3 Å². The van der Waals surface area contributed by atoms with Gasteiger partial charge in [0.15, 0.2) is 0 Å². The largest absolute Gasteiger partial charge is 0.380 e. The lowest BCUT2D eigenvalue weighted by atomic mass is 10.1. The molecule has 0 saturated carbocycles. The lowest BCUT2D eigenvalue weighted by molar-refractivity contribution is 0.102. The number of anilines is 1. The summed E-state index contributed by atoms with van der Waals surface area (Å²) in [5.41, 5.74) is 2.29. The van der Waals surface area contributed by atoms with Crippen LogP contribution in [0, 0.1) is 0 Å². The van der Waals surface area contributed by atoms with Gasteiger partial charge in [-0.05, 0) is 29.3 Å². The van der Waals surface area contributed by atoms with Gasteiger partial charge in [0, 0.05) is 18.9 Å². The Morgan fingerprint density at radius 1 is 1.00 bits per heavy atom. The Hall–Kier alpha value is -3.18. The minimum absolute atomic E-state index is 0.242. The first-order chi connectivity index (χ1) is 12.7. The number of aromatic nitrogens is 1. The van der Waals surface area contributed by atoms with Crippen LogP contribution < -0.4 is 10.9 Å². The van der Waals surface area contributed by atoms with E-state index >= 15 is 0 Å². The van der Waals surface area contributed by atoms with Crippen molar-refractivity contribution in [1.29, 1.82) is 0 Å². The fourth-order valence-corrected chi connectivity index (χ4v) is 2.75. The van der Waals surface area contributed by atoms with E-state index in [-0.39, 0.29) is 17.2 Å². The summed E-state index contributed by atoms with van der Waals surface area (Å²) in [6.45, 7) is 0.778. The number of methoxy groups -OCH3 is 1. The average Bonchev–Trinajstić information content (AvgIpc) is 2.66. The molecule has 0 unspecified atom stereocenters. The molecule has 0 saturated heterocycles. The summed E-state index contributed by atoms with van der Waals surface area (Å²) >= 11 is 0. The molecule has 0 atom stereocenters. The van der Waals surface area contributed by atoms with Crippen molar-refractivity contribution in [3.63, 3.8) is 0 Å². The highest BCUT2D eigenvalue weighted by molar-refractivity contribution is 6.05. The molecule has 2 aromatic carbocycles. The monoisotopic (exact) mass is 348 g/mol. The van der Waals surface area contributed by atoms with Crippen LogP contribution in [0.1, 0.15) is 21.5 Å². The Morgan fingerprint density at radius 2 is 1.73 bits per heavy atom. The van der Waals surface area contributed by atoms with E-state index in [1.165, 1.54) is 0 Å². The molecule has 1 N–H and O–H groups in total. The van der Waals surface area contributed by atoms with Gasteiger partial charge in [-0.2, -0.15) is 0 Å². The van der Waals surface area contributed by atoms with Gasteiger partial charge >= 0.3 is 0 Å². The number of hydrogen-bond acceptors (Lipinski definition) is 3. The predicted molar refractivity (Wildman–Crippen MR) is 101 cm³/mol. The van der Waals surface area contributed by atoms with Crippen molar-refractivity contribution in [1.82, 2.24) is 4.57 Å². The van der Waals surface area contributed by atoms with Crippen molar-refractivity contribution in [2.24, 2.45) is 0 Å². The summed E-state index contributed by atoms with van der Waals surface area (Å²) in [4.78, 5) is 25.3. The zero-order chi connectivity index (χ0) is 18.4. The normalized spacial score (nSPS) is 10.5. The molecule has 5 nitrogen and oxygen atoms in total. The Balaban J connectivity index is 1.83. The number of hydrogen-bond donors (Lipinski definition) is 1. The molecule has 0 aliphatic rings. The van der Waals surface area contributed by atoms with Gasteiger partial charge in [0.05, 0.1) is 13.2 Å². The van der Waals surface area contributed by atoms with Gasteiger partial charge in [-0.3, -0.25) is 9.59 Å². The summed E-state index contributed by atoms with van der Waals surface area (Å²) in [6.07, 6.45) is 1.71. The number of amides is 1. The van der Waals surface area contributed by atoms with Crippen LogP contribution in [-0.4, -0.2) is 17.6 Å². The SMILES string of the molecule is COCc1ccccc1C(=O)Nc1cccn(Cc2ccccc2)c1=O. The maximum Gasteiger partial charge on any atom is 0.274 e. The second kappa shape index (κ2) is 8.27. The Morgan fingerprint density at radius 3 is 2.50 bits per heavy atom. The van der Waals surface area contributed by atoms with Crippen molar-refractivity contribution >= 4 is 11.6 Å². The number of carbonyl (C=O) groups excluding carboxylic acids is 1. The fraction of sp³-hybridized carbons (Fsp3) is 0.143. The Bertz CT molecular complexity index is 949. The molecule has 0 radical (unpaired) electrons. The number of nitrogens with zero attached hydrogens (tertiary/aromatic N) is 1. The zero-order valence-electron chi connectivity index (χ0n) is 14.5. The molecule has 1 heterocycles. The second-order valence-corrected chi connectivity index (χ2v) is 5.88. The molecule has 132 valence electrons. The van der Waals surface area contributed by atoms with Gasteiger partial charge in [-0.1, -0.05) is 48.5 Å². The number of ether oxygens (including phenoxy) is 1. The first kappa shape index (κ1) is 17.6. The minimum Gasteiger partial charge on any atom is -0.380 e.